The molecule has 1 atom stereocenters. The molecule has 1 saturated heterocycles. The van der Waals surface area contributed by atoms with Gasteiger partial charge in [0.05, 0.1) is 0 Å². The minimum atomic E-state index is -0.154. The van der Waals surface area contributed by atoms with Crippen LogP contribution in [0.1, 0.15) is 25.3 Å². The Hall–Kier alpha value is -0.640. The highest BCUT2D eigenvalue weighted by molar-refractivity contribution is 6.30. The Morgan fingerprint density at radius 1 is 1.47 bits per heavy atom. The number of likely N-dealkylation sites (tertiary alicyclic amines) is 1. The average Bonchev–Trinajstić information content (AvgIpc) is 2.41. The monoisotopic (exact) mass is 284 g/mol. The summed E-state index contributed by atoms with van der Waals surface area (Å²) in [6.07, 6.45) is 2.46. The highest BCUT2D eigenvalue weighted by atomic mass is 35.5. The van der Waals surface area contributed by atoms with E-state index in [9.17, 15) is 4.39 Å². The molecule has 1 N–H and O–H groups in total. The maximum atomic E-state index is 13.7. The number of hydrogen-bond donors (Lipinski definition) is 1. The van der Waals surface area contributed by atoms with Crippen LogP contribution in [0.15, 0.2) is 18.2 Å². The van der Waals surface area contributed by atoms with Gasteiger partial charge in [0.15, 0.2) is 0 Å². The Morgan fingerprint density at radius 2 is 2.32 bits per heavy atom. The quantitative estimate of drug-likeness (QED) is 0.892. The van der Waals surface area contributed by atoms with Crippen molar-refractivity contribution in [3.63, 3.8) is 0 Å². The first-order chi connectivity index (χ1) is 9.19. The standard InChI is InChI=1S/C15H22ClFN2/c1-2-18-9-12-4-3-7-19(10-12)11-13-8-14(16)5-6-15(13)17/h5-6,8,12,18H,2-4,7,9-11H2,1H3. The fraction of sp³-hybridized carbons (Fsp3) is 0.600. The molecule has 1 aliphatic heterocycles. The van der Waals surface area contributed by atoms with Crippen LogP contribution in [0.3, 0.4) is 0 Å². The summed E-state index contributed by atoms with van der Waals surface area (Å²) < 4.78 is 13.7. The fourth-order valence-corrected chi connectivity index (χ4v) is 2.91. The van der Waals surface area contributed by atoms with Crippen molar-refractivity contribution < 1.29 is 4.39 Å². The van der Waals surface area contributed by atoms with Gasteiger partial charge in [-0.2, -0.15) is 0 Å². The lowest BCUT2D eigenvalue weighted by molar-refractivity contribution is 0.164. The van der Waals surface area contributed by atoms with Crippen LogP contribution in [0.2, 0.25) is 5.02 Å². The number of piperidine rings is 1. The molecule has 1 heterocycles. The van der Waals surface area contributed by atoms with Gasteiger partial charge in [-0.25, -0.2) is 4.39 Å². The summed E-state index contributed by atoms with van der Waals surface area (Å²) in [4.78, 5) is 2.33. The SMILES string of the molecule is CCNCC1CCCN(Cc2cc(Cl)ccc2F)C1. The molecule has 0 spiro atoms. The van der Waals surface area contributed by atoms with Crippen LogP contribution in [0, 0.1) is 11.7 Å². The molecule has 19 heavy (non-hydrogen) atoms. The summed E-state index contributed by atoms with van der Waals surface area (Å²) in [5, 5.41) is 4.01. The van der Waals surface area contributed by atoms with E-state index in [1.54, 1.807) is 12.1 Å². The molecule has 0 radical (unpaired) electrons. The van der Waals surface area contributed by atoms with Gasteiger partial charge in [0.1, 0.15) is 5.82 Å². The van der Waals surface area contributed by atoms with Crippen molar-refractivity contribution >= 4 is 11.6 Å². The summed E-state index contributed by atoms with van der Waals surface area (Å²) in [6.45, 7) is 6.95. The minimum Gasteiger partial charge on any atom is -0.317 e. The Bertz CT molecular complexity index is 411. The van der Waals surface area contributed by atoms with Gasteiger partial charge in [-0.05, 0) is 56.6 Å². The number of benzene rings is 1. The van der Waals surface area contributed by atoms with E-state index >= 15 is 0 Å². The van der Waals surface area contributed by atoms with Gasteiger partial charge in [0.2, 0.25) is 0 Å². The summed E-state index contributed by atoms with van der Waals surface area (Å²) in [5.41, 5.74) is 0.705. The predicted octanol–water partition coefficient (Wildman–Crippen LogP) is 3.30. The second-order valence-corrected chi connectivity index (χ2v) is 5.72. The molecule has 1 aromatic carbocycles. The third-order valence-corrected chi connectivity index (χ3v) is 3.92. The summed E-state index contributed by atoms with van der Waals surface area (Å²) in [5.74, 6) is 0.522. The normalized spacial score (nSPS) is 20.7. The van der Waals surface area contributed by atoms with E-state index in [4.69, 9.17) is 11.6 Å². The van der Waals surface area contributed by atoms with Crippen molar-refractivity contribution in [2.45, 2.75) is 26.3 Å². The van der Waals surface area contributed by atoms with Gasteiger partial charge in [-0.1, -0.05) is 18.5 Å². The summed E-state index contributed by atoms with van der Waals surface area (Å²) >= 11 is 5.94. The maximum absolute atomic E-state index is 13.7. The topological polar surface area (TPSA) is 15.3 Å². The molecule has 1 aromatic rings. The first-order valence-electron chi connectivity index (χ1n) is 7.06. The number of halogens is 2. The van der Waals surface area contributed by atoms with Gasteiger partial charge in [-0.3, -0.25) is 4.90 Å². The van der Waals surface area contributed by atoms with Crippen molar-refractivity contribution in [2.75, 3.05) is 26.2 Å². The zero-order chi connectivity index (χ0) is 13.7. The van der Waals surface area contributed by atoms with Gasteiger partial charge < -0.3 is 5.32 Å². The number of nitrogens with zero attached hydrogens (tertiary/aromatic N) is 1. The van der Waals surface area contributed by atoms with Gasteiger partial charge in [0, 0.05) is 23.7 Å². The van der Waals surface area contributed by atoms with E-state index in [1.165, 1.54) is 18.9 Å². The zero-order valence-electron chi connectivity index (χ0n) is 11.5. The van der Waals surface area contributed by atoms with Gasteiger partial charge in [-0.15, -0.1) is 0 Å². The van der Waals surface area contributed by atoms with Crippen molar-refractivity contribution in [3.05, 3.63) is 34.6 Å². The maximum Gasteiger partial charge on any atom is 0.127 e. The van der Waals surface area contributed by atoms with Crippen molar-refractivity contribution in [1.82, 2.24) is 10.2 Å². The molecule has 2 nitrogen and oxygen atoms in total. The van der Waals surface area contributed by atoms with Crippen molar-refractivity contribution in [1.29, 1.82) is 0 Å². The van der Waals surface area contributed by atoms with Gasteiger partial charge >= 0.3 is 0 Å². The Labute approximate surface area is 119 Å². The highest BCUT2D eigenvalue weighted by Crippen LogP contribution is 2.21. The minimum absolute atomic E-state index is 0.154. The fourth-order valence-electron chi connectivity index (χ4n) is 2.72. The molecule has 0 aromatic heterocycles. The number of hydrogen-bond acceptors (Lipinski definition) is 2. The third-order valence-electron chi connectivity index (χ3n) is 3.69. The van der Waals surface area contributed by atoms with Crippen LogP contribution in [0.25, 0.3) is 0 Å². The molecule has 106 valence electrons. The Balaban J connectivity index is 1.93. The number of nitrogens with one attached hydrogen (secondary N) is 1. The Kier molecular flexibility index (Phi) is 5.61. The van der Waals surface area contributed by atoms with Crippen LogP contribution < -0.4 is 5.32 Å². The second kappa shape index (κ2) is 7.22. The van der Waals surface area contributed by atoms with Crippen molar-refractivity contribution in [3.8, 4) is 0 Å². The molecule has 2 rings (SSSR count). The first kappa shape index (κ1) is 14.8. The molecule has 1 aliphatic rings. The molecule has 4 heteroatoms. The van der Waals surface area contributed by atoms with E-state index in [1.807, 2.05) is 0 Å². The summed E-state index contributed by atoms with van der Waals surface area (Å²) in [6, 6.07) is 4.80. The van der Waals surface area contributed by atoms with Gasteiger partial charge in [0.25, 0.3) is 0 Å². The average molecular weight is 285 g/mol. The molecule has 1 unspecified atom stereocenters. The van der Waals surface area contributed by atoms with E-state index in [2.05, 4.69) is 17.1 Å². The molecular weight excluding hydrogens is 263 g/mol. The number of rotatable bonds is 5. The largest absolute Gasteiger partial charge is 0.317 e. The summed E-state index contributed by atoms with van der Waals surface area (Å²) in [7, 11) is 0. The first-order valence-corrected chi connectivity index (χ1v) is 7.44. The smallest absolute Gasteiger partial charge is 0.127 e. The third kappa shape index (κ3) is 4.44. The predicted molar refractivity (Wildman–Crippen MR) is 78.0 cm³/mol. The molecule has 0 amide bonds. The lowest BCUT2D eigenvalue weighted by Gasteiger charge is -2.33. The van der Waals surface area contributed by atoms with Crippen LogP contribution >= 0.6 is 11.6 Å². The molecule has 1 fully saturated rings. The van der Waals surface area contributed by atoms with E-state index in [0.717, 1.165) is 26.2 Å². The van der Waals surface area contributed by atoms with Crippen LogP contribution in [-0.4, -0.2) is 31.1 Å². The zero-order valence-corrected chi connectivity index (χ0v) is 12.2. The lowest BCUT2D eigenvalue weighted by atomic mass is 9.97. The molecule has 0 aliphatic carbocycles. The molecule has 0 saturated carbocycles. The van der Waals surface area contributed by atoms with E-state index in [-0.39, 0.29) is 5.82 Å². The van der Waals surface area contributed by atoms with Crippen molar-refractivity contribution in [2.24, 2.45) is 5.92 Å². The van der Waals surface area contributed by atoms with E-state index in [0.29, 0.717) is 23.0 Å². The lowest BCUT2D eigenvalue weighted by Crippen LogP contribution is -2.39. The van der Waals surface area contributed by atoms with Crippen LogP contribution in [0.4, 0.5) is 4.39 Å². The molecule has 0 bridgehead atoms. The molecular formula is C15H22ClFN2. The van der Waals surface area contributed by atoms with Crippen LogP contribution in [0.5, 0.6) is 0 Å². The van der Waals surface area contributed by atoms with E-state index < -0.39 is 0 Å². The highest BCUT2D eigenvalue weighted by Gasteiger charge is 2.20. The Morgan fingerprint density at radius 3 is 3.11 bits per heavy atom. The van der Waals surface area contributed by atoms with Crippen LogP contribution in [-0.2, 0) is 6.54 Å². The second-order valence-electron chi connectivity index (χ2n) is 5.29.